The number of ketones is 1. The standard InChI is InChI=1S/C11H13NO.C2H6/c1-7-5-11(13)10(8(2)12-7)6-9-3-4-9;1-2/h6,9,12H,1-5H2;1-2H3/b10-6-;. The van der Waals surface area contributed by atoms with Crippen LogP contribution in [-0.4, -0.2) is 5.78 Å². The molecule has 1 aliphatic carbocycles. The summed E-state index contributed by atoms with van der Waals surface area (Å²) in [6, 6.07) is 0. The van der Waals surface area contributed by atoms with Gasteiger partial charge in [-0.3, -0.25) is 4.79 Å². The van der Waals surface area contributed by atoms with Crippen molar-refractivity contribution in [3.63, 3.8) is 0 Å². The van der Waals surface area contributed by atoms with Gasteiger partial charge in [-0.1, -0.05) is 33.1 Å². The summed E-state index contributed by atoms with van der Waals surface area (Å²) in [6.07, 6.45) is 4.89. The van der Waals surface area contributed by atoms with Gasteiger partial charge >= 0.3 is 0 Å². The largest absolute Gasteiger partial charge is 0.359 e. The third-order valence-corrected chi connectivity index (χ3v) is 2.35. The summed E-state index contributed by atoms with van der Waals surface area (Å²) >= 11 is 0. The SMILES string of the molecule is C=C1CC(=O)/C(=C\C2CC2)C(=C)N1.CC. The Morgan fingerprint density at radius 1 is 1.33 bits per heavy atom. The van der Waals surface area contributed by atoms with Gasteiger partial charge in [0, 0.05) is 17.0 Å². The summed E-state index contributed by atoms with van der Waals surface area (Å²) in [4.78, 5) is 11.5. The lowest BCUT2D eigenvalue weighted by Crippen LogP contribution is -2.25. The molecule has 1 saturated carbocycles. The Bertz CT molecular complexity index is 299. The molecule has 0 aromatic heterocycles. The van der Waals surface area contributed by atoms with Crippen LogP contribution in [-0.2, 0) is 4.79 Å². The van der Waals surface area contributed by atoms with Gasteiger partial charge in [-0.15, -0.1) is 0 Å². The molecule has 2 rings (SSSR count). The summed E-state index contributed by atoms with van der Waals surface area (Å²) in [5.41, 5.74) is 2.24. The van der Waals surface area contributed by atoms with Crippen LogP contribution in [0.25, 0.3) is 0 Å². The third kappa shape index (κ3) is 3.08. The van der Waals surface area contributed by atoms with Crippen molar-refractivity contribution in [2.24, 2.45) is 5.92 Å². The number of carbonyl (C=O) groups is 1. The van der Waals surface area contributed by atoms with Gasteiger partial charge in [0.25, 0.3) is 0 Å². The Balaban J connectivity index is 0.000000531. The predicted molar refractivity (Wildman–Crippen MR) is 63.2 cm³/mol. The zero-order valence-corrected chi connectivity index (χ0v) is 9.60. The summed E-state index contributed by atoms with van der Waals surface area (Å²) in [5, 5.41) is 3.01. The van der Waals surface area contributed by atoms with Gasteiger partial charge in [-0.05, 0) is 18.8 Å². The minimum atomic E-state index is 0.153. The maximum atomic E-state index is 11.5. The average molecular weight is 205 g/mol. The molecule has 0 unspecified atom stereocenters. The van der Waals surface area contributed by atoms with Crippen LogP contribution in [0.5, 0.6) is 0 Å². The first kappa shape index (κ1) is 11.8. The van der Waals surface area contributed by atoms with Crippen molar-refractivity contribution >= 4 is 5.78 Å². The van der Waals surface area contributed by atoms with Gasteiger partial charge in [0.15, 0.2) is 5.78 Å². The fourth-order valence-electron chi connectivity index (χ4n) is 1.47. The molecule has 0 aromatic carbocycles. The molecule has 1 heterocycles. The number of Topliss-reactive ketones (excluding diaryl/α,β-unsaturated/α-hetero) is 1. The van der Waals surface area contributed by atoms with Gasteiger partial charge in [-0.25, -0.2) is 0 Å². The Labute approximate surface area is 91.8 Å². The van der Waals surface area contributed by atoms with Gasteiger partial charge in [0.2, 0.25) is 0 Å². The maximum absolute atomic E-state index is 11.5. The van der Waals surface area contributed by atoms with Crippen molar-refractivity contribution in [2.75, 3.05) is 0 Å². The van der Waals surface area contributed by atoms with E-state index in [0.717, 1.165) is 11.3 Å². The van der Waals surface area contributed by atoms with E-state index in [2.05, 4.69) is 18.5 Å². The fraction of sp³-hybridized carbons (Fsp3) is 0.462. The second kappa shape index (κ2) is 4.96. The fourth-order valence-corrected chi connectivity index (χ4v) is 1.47. The van der Waals surface area contributed by atoms with Gasteiger partial charge in [0.05, 0.1) is 6.42 Å². The highest BCUT2D eigenvalue weighted by atomic mass is 16.1. The Morgan fingerprint density at radius 3 is 2.40 bits per heavy atom. The average Bonchev–Trinajstić information content (AvgIpc) is 2.98. The zero-order chi connectivity index (χ0) is 11.4. The van der Waals surface area contributed by atoms with Crippen molar-refractivity contribution in [1.29, 1.82) is 0 Å². The third-order valence-electron chi connectivity index (χ3n) is 2.35. The van der Waals surface area contributed by atoms with Crippen LogP contribution >= 0.6 is 0 Å². The maximum Gasteiger partial charge on any atom is 0.170 e. The normalized spacial score (nSPS) is 23.3. The van der Waals surface area contributed by atoms with E-state index in [1.165, 1.54) is 12.8 Å². The van der Waals surface area contributed by atoms with E-state index in [4.69, 9.17) is 0 Å². The van der Waals surface area contributed by atoms with E-state index in [1.807, 2.05) is 19.9 Å². The smallest absolute Gasteiger partial charge is 0.170 e. The summed E-state index contributed by atoms with van der Waals surface area (Å²) in [7, 11) is 0. The monoisotopic (exact) mass is 205 g/mol. The van der Waals surface area contributed by atoms with Crippen LogP contribution in [0.15, 0.2) is 36.2 Å². The van der Waals surface area contributed by atoms with Crippen LogP contribution in [0.1, 0.15) is 33.1 Å². The minimum Gasteiger partial charge on any atom is -0.359 e. The Morgan fingerprint density at radius 2 is 1.93 bits per heavy atom. The van der Waals surface area contributed by atoms with Gasteiger partial charge < -0.3 is 5.32 Å². The molecule has 0 bridgehead atoms. The number of rotatable bonds is 1. The molecular weight excluding hydrogens is 186 g/mol. The highest BCUT2D eigenvalue weighted by Gasteiger charge is 2.25. The molecule has 1 saturated heterocycles. The molecule has 2 nitrogen and oxygen atoms in total. The number of hydrogen-bond acceptors (Lipinski definition) is 2. The summed E-state index contributed by atoms with van der Waals surface area (Å²) in [5.74, 6) is 0.768. The lowest BCUT2D eigenvalue weighted by atomic mass is 9.98. The van der Waals surface area contributed by atoms with Crippen molar-refractivity contribution in [1.82, 2.24) is 5.32 Å². The molecule has 0 aromatic rings. The summed E-state index contributed by atoms with van der Waals surface area (Å²) < 4.78 is 0. The molecule has 0 spiro atoms. The minimum absolute atomic E-state index is 0.153. The van der Waals surface area contributed by atoms with Crippen LogP contribution in [0.3, 0.4) is 0 Å². The molecule has 15 heavy (non-hydrogen) atoms. The first-order valence-corrected chi connectivity index (χ1v) is 5.56. The summed E-state index contributed by atoms with van der Waals surface area (Å²) in [6.45, 7) is 11.5. The second-order valence-corrected chi connectivity index (χ2v) is 3.72. The molecule has 0 amide bonds. The van der Waals surface area contributed by atoms with Crippen molar-refractivity contribution in [3.8, 4) is 0 Å². The first-order chi connectivity index (χ1) is 7.16. The zero-order valence-electron chi connectivity index (χ0n) is 9.60. The molecule has 2 aliphatic rings. The first-order valence-electron chi connectivity index (χ1n) is 5.56. The topological polar surface area (TPSA) is 29.1 Å². The number of nitrogens with one attached hydrogen (secondary N) is 1. The van der Waals surface area contributed by atoms with Crippen molar-refractivity contribution in [3.05, 3.63) is 36.2 Å². The van der Waals surface area contributed by atoms with E-state index >= 15 is 0 Å². The van der Waals surface area contributed by atoms with E-state index in [9.17, 15) is 4.79 Å². The molecular formula is C13H19NO. The Hall–Kier alpha value is -1.31. The Kier molecular flexibility index (Phi) is 3.89. The highest BCUT2D eigenvalue weighted by molar-refractivity contribution is 6.02. The molecule has 82 valence electrons. The van der Waals surface area contributed by atoms with Crippen LogP contribution < -0.4 is 5.32 Å². The lowest BCUT2D eigenvalue weighted by molar-refractivity contribution is -0.115. The highest BCUT2D eigenvalue weighted by Crippen LogP contribution is 2.33. The molecule has 1 aliphatic heterocycles. The van der Waals surface area contributed by atoms with E-state index in [1.54, 1.807) is 0 Å². The number of piperidine rings is 1. The van der Waals surface area contributed by atoms with E-state index in [0.29, 0.717) is 18.0 Å². The molecule has 0 radical (unpaired) electrons. The molecule has 2 fully saturated rings. The van der Waals surface area contributed by atoms with Crippen molar-refractivity contribution < 1.29 is 4.79 Å². The van der Waals surface area contributed by atoms with Gasteiger partial charge in [-0.2, -0.15) is 0 Å². The number of allylic oxidation sites excluding steroid dienone is 3. The molecule has 2 heteroatoms. The van der Waals surface area contributed by atoms with Crippen molar-refractivity contribution in [2.45, 2.75) is 33.1 Å². The quantitative estimate of drug-likeness (QED) is 0.667. The lowest BCUT2D eigenvalue weighted by Gasteiger charge is -2.20. The van der Waals surface area contributed by atoms with Crippen LogP contribution in [0.4, 0.5) is 0 Å². The number of carbonyl (C=O) groups excluding carboxylic acids is 1. The number of hydrogen-bond donors (Lipinski definition) is 1. The van der Waals surface area contributed by atoms with E-state index in [-0.39, 0.29) is 5.78 Å². The molecule has 1 N–H and O–H groups in total. The molecule has 0 atom stereocenters. The van der Waals surface area contributed by atoms with Gasteiger partial charge in [0.1, 0.15) is 0 Å². The van der Waals surface area contributed by atoms with E-state index < -0.39 is 0 Å². The van der Waals surface area contributed by atoms with Crippen LogP contribution in [0, 0.1) is 5.92 Å². The predicted octanol–water partition coefficient (Wildman–Crippen LogP) is 2.94. The van der Waals surface area contributed by atoms with Crippen LogP contribution in [0.2, 0.25) is 0 Å². The second-order valence-electron chi connectivity index (χ2n) is 3.72.